The topological polar surface area (TPSA) is 40.8 Å². The van der Waals surface area contributed by atoms with Crippen LogP contribution in [0.15, 0.2) is 182 Å². The van der Waals surface area contributed by atoms with Gasteiger partial charge in [0.05, 0.1) is 33.1 Å². The van der Waals surface area contributed by atoms with E-state index in [-0.39, 0.29) is 0 Å². The third-order valence-electron chi connectivity index (χ3n) is 10.9. The number of hydrogen-bond donors (Lipinski definition) is 1. The molecular formula is C48H32N4. The molecule has 0 aliphatic heterocycles. The first-order valence-electron chi connectivity index (χ1n) is 17.7. The van der Waals surface area contributed by atoms with Gasteiger partial charge in [0.15, 0.2) is 0 Å². The summed E-state index contributed by atoms with van der Waals surface area (Å²) in [4.78, 5) is 0. The predicted molar refractivity (Wildman–Crippen MR) is 219 cm³/mol. The first-order chi connectivity index (χ1) is 25.7. The summed E-state index contributed by atoms with van der Waals surface area (Å²) in [5, 5.41) is 7.36. The third kappa shape index (κ3) is 4.15. The lowest BCUT2D eigenvalue weighted by atomic mass is 10.00. The van der Waals surface area contributed by atoms with Gasteiger partial charge in [-0.15, -0.1) is 0 Å². The highest BCUT2D eigenvalue weighted by Gasteiger charge is 2.15. The lowest BCUT2D eigenvalue weighted by Crippen LogP contribution is -2.06. The molecule has 11 aromatic rings. The summed E-state index contributed by atoms with van der Waals surface area (Å²) in [5.74, 6) is 6.69. The molecule has 0 saturated carbocycles. The molecule has 0 spiro atoms. The van der Waals surface area contributed by atoms with Crippen molar-refractivity contribution in [2.24, 2.45) is 0 Å². The number of benzene rings is 8. The van der Waals surface area contributed by atoms with E-state index in [2.05, 4.69) is 191 Å². The molecule has 0 radical (unpaired) electrons. The highest BCUT2D eigenvalue weighted by molar-refractivity contribution is 6.12. The number of fused-ring (bicyclic) bond motifs is 9. The molecule has 0 fully saturated rings. The summed E-state index contributed by atoms with van der Waals surface area (Å²) in [6.45, 7) is 0. The molecule has 0 aliphatic carbocycles. The Labute approximate surface area is 299 Å². The molecule has 11 rings (SSSR count). The minimum absolute atomic E-state index is 1.01. The second-order valence-electron chi connectivity index (χ2n) is 13.7. The number of nitrogen functional groups attached to an aromatic ring is 1. The first-order valence-corrected chi connectivity index (χ1v) is 17.7. The molecule has 0 aliphatic rings. The van der Waals surface area contributed by atoms with Crippen molar-refractivity contribution in [2.75, 3.05) is 5.84 Å². The molecule has 0 bridgehead atoms. The van der Waals surface area contributed by atoms with Crippen LogP contribution in [-0.2, 0) is 0 Å². The molecular weight excluding hydrogens is 633 g/mol. The van der Waals surface area contributed by atoms with Gasteiger partial charge in [0.2, 0.25) is 0 Å². The van der Waals surface area contributed by atoms with Crippen molar-refractivity contribution in [1.29, 1.82) is 0 Å². The van der Waals surface area contributed by atoms with Gasteiger partial charge in [0.25, 0.3) is 0 Å². The zero-order valence-corrected chi connectivity index (χ0v) is 28.2. The van der Waals surface area contributed by atoms with Gasteiger partial charge in [0, 0.05) is 43.7 Å². The molecule has 52 heavy (non-hydrogen) atoms. The zero-order chi connectivity index (χ0) is 34.3. The van der Waals surface area contributed by atoms with Crippen LogP contribution in [0.5, 0.6) is 0 Å². The monoisotopic (exact) mass is 664 g/mol. The molecule has 4 nitrogen and oxygen atoms in total. The average Bonchev–Trinajstić information content (AvgIpc) is 3.83. The lowest BCUT2D eigenvalue weighted by molar-refractivity contribution is 1.12. The van der Waals surface area contributed by atoms with Gasteiger partial charge >= 0.3 is 0 Å². The number of aromatic nitrogens is 3. The Morgan fingerprint density at radius 2 is 0.577 bits per heavy atom. The van der Waals surface area contributed by atoms with E-state index in [0.717, 1.165) is 44.3 Å². The normalized spacial score (nSPS) is 11.9. The Bertz CT molecular complexity index is 2850. The molecule has 0 amide bonds. The third-order valence-corrected chi connectivity index (χ3v) is 10.9. The molecule has 3 heterocycles. The van der Waals surface area contributed by atoms with Gasteiger partial charge in [-0.3, -0.25) is 4.68 Å². The maximum Gasteiger partial charge on any atom is 0.0704 e. The highest BCUT2D eigenvalue weighted by Crippen LogP contribution is 2.37. The van der Waals surface area contributed by atoms with Gasteiger partial charge in [0.1, 0.15) is 0 Å². The van der Waals surface area contributed by atoms with Gasteiger partial charge < -0.3 is 15.0 Å². The molecule has 0 unspecified atom stereocenters. The molecule has 8 aromatic carbocycles. The van der Waals surface area contributed by atoms with Crippen LogP contribution in [0.1, 0.15) is 0 Å². The van der Waals surface area contributed by atoms with Gasteiger partial charge in [-0.25, -0.2) is 0 Å². The van der Waals surface area contributed by atoms with Crippen LogP contribution in [0.25, 0.3) is 99.0 Å². The van der Waals surface area contributed by atoms with Crippen molar-refractivity contribution in [2.45, 2.75) is 0 Å². The standard InChI is InChI=1S/C48H32N4/c49-52-47-27-21-33(31-17-23-35(24-18-31)50-43-13-5-1-9-37(43)38-10-2-6-14-44(38)50)29-41(47)42-30-34(22-28-48(42)52)32-19-25-36(26-20-32)51-45-15-7-3-11-39(45)40-12-4-8-16-46(40)51/h1-30H,49H2. The van der Waals surface area contributed by atoms with Crippen LogP contribution in [-0.4, -0.2) is 13.8 Å². The summed E-state index contributed by atoms with van der Waals surface area (Å²) in [6, 6.07) is 65.6. The Morgan fingerprint density at radius 1 is 0.269 bits per heavy atom. The second kappa shape index (κ2) is 11.0. The van der Waals surface area contributed by atoms with Gasteiger partial charge in [-0.2, -0.15) is 0 Å². The highest BCUT2D eigenvalue weighted by atomic mass is 15.3. The van der Waals surface area contributed by atoms with Crippen molar-refractivity contribution in [3.05, 3.63) is 182 Å². The van der Waals surface area contributed by atoms with Crippen LogP contribution >= 0.6 is 0 Å². The Kier molecular flexibility index (Phi) is 6.07. The van der Waals surface area contributed by atoms with Crippen LogP contribution in [0.3, 0.4) is 0 Å². The number of hydrogen-bond acceptors (Lipinski definition) is 1. The first kappa shape index (κ1) is 28.8. The number of nitrogens with zero attached hydrogens (tertiary/aromatic N) is 3. The van der Waals surface area contributed by atoms with E-state index in [1.807, 2.05) is 4.68 Å². The van der Waals surface area contributed by atoms with Crippen LogP contribution < -0.4 is 5.84 Å². The molecule has 0 saturated heterocycles. The Morgan fingerprint density at radius 3 is 0.923 bits per heavy atom. The van der Waals surface area contributed by atoms with E-state index in [1.165, 1.54) is 54.7 Å². The molecule has 244 valence electrons. The molecule has 3 aromatic heterocycles. The number of para-hydroxylation sites is 4. The van der Waals surface area contributed by atoms with Crippen LogP contribution in [0.2, 0.25) is 0 Å². The second-order valence-corrected chi connectivity index (χ2v) is 13.7. The Hall–Kier alpha value is -7.04. The summed E-state index contributed by atoms with van der Waals surface area (Å²) in [5.41, 5.74) is 13.8. The average molecular weight is 665 g/mol. The molecule has 4 heteroatoms. The quantitative estimate of drug-likeness (QED) is 0.187. The molecule has 0 atom stereocenters. The minimum Gasteiger partial charge on any atom is -0.339 e. The van der Waals surface area contributed by atoms with Crippen LogP contribution in [0.4, 0.5) is 0 Å². The maximum absolute atomic E-state index is 6.69. The SMILES string of the molecule is Nn1c2ccc(-c3ccc(-n4c5ccccc5c5ccccc54)cc3)cc2c2cc(-c3ccc(-n4c5ccccc5c5ccccc54)cc3)ccc21. The van der Waals surface area contributed by atoms with Crippen molar-refractivity contribution in [1.82, 2.24) is 13.8 Å². The number of nitrogens with two attached hydrogens (primary N) is 1. The fourth-order valence-corrected chi connectivity index (χ4v) is 8.42. The maximum atomic E-state index is 6.69. The fraction of sp³-hybridized carbons (Fsp3) is 0. The summed E-state index contributed by atoms with van der Waals surface area (Å²) >= 11 is 0. The van der Waals surface area contributed by atoms with Gasteiger partial charge in [-0.05, 0) is 95.1 Å². The fourth-order valence-electron chi connectivity index (χ4n) is 8.42. The van der Waals surface area contributed by atoms with Crippen molar-refractivity contribution in [3.63, 3.8) is 0 Å². The van der Waals surface area contributed by atoms with Crippen LogP contribution in [0, 0.1) is 0 Å². The minimum atomic E-state index is 1.01. The Balaban J connectivity index is 0.973. The predicted octanol–water partition coefficient (Wildman–Crippen LogP) is 12.0. The van der Waals surface area contributed by atoms with E-state index >= 15 is 0 Å². The molecule has 2 N–H and O–H groups in total. The van der Waals surface area contributed by atoms with E-state index in [9.17, 15) is 0 Å². The summed E-state index contributed by atoms with van der Waals surface area (Å²) in [7, 11) is 0. The van der Waals surface area contributed by atoms with E-state index in [0.29, 0.717) is 0 Å². The van der Waals surface area contributed by atoms with E-state index in [4.69, 9.17) is 5.84 Å². The van der Waals surface area contributed by atoms with Crippen molar-refractivity contribution < 1.29 is 0 Å². The largest absolute Gasteiger partial charge is 0.339 e. The van der Waals surface area contributed by atoms with Gasteiger partial charge in [-0.1, -0.05) is 109 Å². The summed E-state index contributed by atoms with van der Waals surface area (Å²) in [6.07, 6.45) is 0. The van der Waals surface area contributed by atoms with Crippen molar-refractivity contribution in [3.8, 4) is 33.6 Å². The lowest BCUT2D eigenvalue weighted by Gasteiger charge is -2.10. The smallest absolute Gasteiger partial charge is 0.0704 e. The van der Waals surface area contributed by atoms with E-state index < -0.39 is 0 Å². The van der Waals surface area contributed by atoms with E-state index in [1.54, 1.807) is 0 Å². The number of rotatable bonds is 4. The zero-order valence-electron chi connectivity index (χ0n) is 28.2. The van der Waals surface area contributed by atoms with Crippen molar-refractivity contribution >= 4 is 65.4 Å². The summed E-state index contributed by atoms with van der Waals surface area (Å²) < 4.78 is 6.53.